The Kier molecular flexibility index (Phi) is 5.18. The van der Waals surface area contributed by atoms with Crippen molar-refractivity contribution in [2.45, 2.75) is 32.4 Å². The van der Waals surface area contributed by atoms with E-state index in [1.54, 1.807) is 25.1 Å². The molecule has 0 saturated heterocycles. The van der Waals surface area contributed by atoms with Crippen LogP contribution in [0.1, 0.15) is 36.3 Å². The molecule has 0 spiro atoms. The molecule has 2 aromatic rings. The number of amides is 1. The van der Waals surface area contributed by atoms with E-state index < -0.39 is 11.6 Å². The highest BCUT2D eigenvalue weighted by molar-refractivity contribution is 5.78. The summed E-state index contributed by atoms with van der Waals surface area (Å²) in [4.78, 5) is 16.3. The van der Waals surface area contributed by atoms with Gasteiger partial charge in [-0.15, -0.1) is 0 Å². The summed E-state index contributed by atoms with van der Waals surface area (Å²) in [5.41, 5.74) is 1.70. The molecule has 0 radical (unpaired) electrons. The van der Waals surface area contributed by atoms with Gasteiger partial charge in [0, 0.05) is 25.6 Å². The maximum absolute atomic E-state index is 13.4. The molecule has 3 rings (SSSR count). The van der Waals surface area contributed by atoms with Crippen molar-refractivity contribution in [2.75, 3.05) is 20.1 Å². The Bertz CT molecular complexity index is 760. The summed E-state index contributed by atoms with van der Waals surface area (Å²) in [6.45, 7) is 3.60. The van der Waals surface area contributed by atoms with Crippen molar-refractivity contribution in [1.82, 2.24) is 9.80 Å². The molecular weight excluding hydrogens is 326 g/mol. The van der Waals surface area contributed by atoms with Crippen LogP contribution in [-0.2, 0) is 17.8 Å². The molecule has 4 nitrogen and oxygen atoms in total. The molecule has 0 aliphatic carbocycles. The number of nitrogens with zero attached hydrogens (tertiary/aromatic N) is 2. The van der Waals surface area contributed by atoms with Crippen LogP contribution in [0.15, 0.2) is 34.9 Å². The van der Waals surface area contributed by atoms with Crippen LogP contribution in [0.3, 0.4) is 0 Å². The third kappa shape index (κ3) is 3.90. The van der Waals surface area contributed by atoms with E-state index in [-0.39, 0.29) is 18.5 Å². The molecule has 1 aliphatic heterocycles. The van der Waals surface area contributed by atoms with E-state index in [0.29, 0.717) is 12.1 Å². The van der Waals surface area contributed by atoms with E-state index in [4.69, 9.17) is 4.42 Å². The molecule has 1 atom stereocenters. The fourth-order valence-corrected chi connectivity index (χ4v) is 3.16. The zero-order valence-electron chi connectivity index (χ0n) is 14.5. The fourth-order valence-electron chi connectivity index (χ4n) is 3.16. The highest BCUT2D eigenvalue weighted by atomic mass is 19.2. The second kappa shape index (κ2) is 7.35. The number of furan rings is 1. The summed E-state index contributed by atoms with van der Waals surface area (Å²) in [7, 11) is 1.69. The van der Waals surface area contributed by atoms with Gasteiger partial charge in [0.1, 0.15) is 5.76 Å². The number of halogens is 2. The van der Waals surface area contributed by atoms with Gasteiger partial charge < -0.3 is 9.32 Å². The molecule has 6 heteroatoms. The molecule has 25 heavy (non-hydrogen) atoms. The minimum Gasteiger partial charge on any atom is -0.469 e. The lowest BCUT2D eigenvalue weighted by Crippen LogP contribution is -2.39. The van der Waals surface area contributed by atoms with E-state index in [0.717, 1.165) is 42.8 Å². The predicted molar refractivity (Wildman–Crippen MR) is 89.8 cm³/mol. The Hall–Kier alpha value is -2.21. The van der Waals surface area contributed by atoms with Crippen molar-refractivity contribution in [3.63, 3.8) is 0 Å². The molecule has 1 unspecified atom stereocenters. The number of aryl methyl sites for hydroxylation is 1. The number of likely N-dealkylation sites (N-methyl/N-ethyl adjacent to an activating group) is 1. The van der Waals surface area contributed by atoms with Gasteiger partial charge in [0.2, 0.25) is 5.91 Å². The van der Waals surface area contributed by atoms with Crippen LogP contribution in [0.5, 0.6) is 0 Å². The van der Waals surface area contributed by atoms with Crippen LogP contribution in [0, 0.1) is 11.6 Å². The molecule has 0 bridgehead atoms. The lowest BCUT2D eigenvalue weighted by atomic mass is 10.1. The number of rotatable bonds is 4. The number of fused-ring (bicyclic) bond motifs is 1. The minimum atomic E-state index is -0.898. The molecule has 1 aliphatic rings. The highest BCUT2D eigenvalue weighted by Gasteiger charge is 2.23. The maximum atomic E-state index is 13.4. The molecule has 1 amide bonds. The lowest BCUT2D eigenvalue weighted by molar-refractivity contribution is -0.133. The summed E-state index contributed by atoms with van der Waals surface area (Å²) in [5, 5.41) is 0. The van der Waals surface area contributed by atoms with Crippen LogP contribution in [0.4, 0.5) is 8.78 Å². The first kappa shape index (κ1) is 17.6. The van der Waals surface area contributed by atoms with Gasteiger partial charge in [-0.3, -0.25) is 9.69 Å². The van der Waals surface area contributed by atoms with Crippen molar-refractivity contribution in [2.24, 2.45) is 0 Å². The first-order chi connectivity index (χ1) is 12.0. The van der Waals surface area contributed by atoms with Gasteiger partial charge in [-0.2, -0.15) is 0 Å². The van der Waals surface area contributed by atoms with Gasteiger partial charge in [0.15, 0.2) is 11.6 Å². The molecule has 0 fully saturated rings. The van der Waals surface area contributed by atoms with E-state index in [2.05, 4.69) is 4.90 Å². The van der Waals surface area contributed by atoms with Crippen molar-refractivity contribution >= 4 is 5.91 Å². The van der Waals surface area contributed by atoms with E-state index in [1.165, 1.54) is 6.07 Å². The molecular formula is C19H22F2N2O2. The van der Waals surface area contributed by atoms with Gasteiger partial charge in [0.05, 0.1) is 18.8 Å². The van der Waals surface area contributed by atoms with Crippen molar-refractivity contribution in [1.29, 1.82) is 0 Å². The first-order valence-corrected chi connectivity index (χ1v) is 8.44. The number of hydrogen-bond donors (Lipinski definition) is 0. The largest absolute Gasteiger partial charge is 0.469 e. The van der Waals surface area contributed by atoms with Gasteiger partial charge in [-0.1, -0.05) is 6.07 Å². The standard InChI is InChI=1S/C19H22F2N2O2/c1-13(14-5-6-16(20)17(21)10-14)22(2)19(24)12-23-8-3-4-18-15(11-23)7-9-25-18/h5-7,9-10,13H,3-4,8,11-12H2,1-2H3. The number of carbonyl (C=O) groups excluding carboxylic acids is 1. The maximum Gasteiger partial charge on any atom is 0.237 e. The summed E-state index contributed by atoms with van der Waals surface area (Å²) in [5.74, 6) is -0.835. The Balaban J connectivity index is 1.65. The van der Waals surface area contributed by atoms with Crippen LogP contribution in [0.25, 0.3) is 0 Å². The first-order valence-electron chi connectivity index (χ1n) is 8.44. The Labute approximate surface area is 146 Å². The average molecular weight is 348 g/mol. The molecule has 1 aromatic carbocycles. The molecule has 0 N–H and O–H groups in total. The summed E-state index contributed by atoms with van der Waals surface area (Å²) in [6, 6.07) is 5.36. The highest BCUT2D eigenvalue weighted by Crippen LogP contribution is 2.23. The number of hydrogen-bond acceptors (Lipinski definition) is 3. The Morgan fingerprint density at radius 1 is 1.32 bits per heavy atom. The smallest absolute Gasteiger partial charge is 0.237 e. The average Bonchev–Trinajstić information content (AvgIpc) is 2.94. The van der Waals surface area contributed by atoms with Crippen LogP contribution < -0.4 is 0 Å². The zero-order chi connectivity index (χ0) is 18.0. The van der Waals surface area contributed by atoms with E-state index in [9.17, 15) is 13.6 Å². The van der Waals surface area contributed by atoms with Gasteiger partial charge >= 0.3 is 0 Å². The number of benzene rings is 1. The number of carbonyl (C=O) groups is 1. The third-order valence-corrected chi connectivity index (χ3v) is 4.87. The van der Waals surface area contributed by atoms with Crippen molar-refractivity contribution < 1.29 is 18.0 Å². The second-order valence-corrected chi connectivity index (χ2v) is 6.54. The normalized spacial score (nSPS) is 16.2. The Morgan fingerprint density at radius 2 is 2.12 bits per heavy atom. The van der Waals surface area contributed by atoms with Crippen molar-refractivity contribution in [3.05, 3.63) is 59.1 Å². The van der Waals surface area contributed by atoms with Crippen LogP contribution >= 0.6 is 0 Å². The second-order valence-electron chi connectivity index (χ2n) is 6.54. The van der Waals surface area contributed by atoms with Crippen LogP contribution in [-0.4, -0.2) is 35.8 Å². The monoisotopic (exact) mass is 348 g/mol. The quantitative estimate of drug-likeness (QED) is 0.848. The van der Waals surface area contributed by atoms with E-state index >= 15 is 0 Å². The minimum absolute atomic E-state index is 0.0517. The van der Waals surface area contributed by atoms with Crippen LogP contribution in [0.2, 0.25) is 0 Å². The third-order valence-electron chi connectivity index (χ3n) is 4.87. The summed E-state index contributed by atoms with van der Waals surface area (Å²) < 4.78 is 32.0. The molecule has 2 heterocycles. The topological polar surface area (TPSA) is 36.7 Å². The Morgan fingerprint density at radius 3 is 2.88 bits per heavy atom. The van der Waals surface area contributed by atoms with Crippen molar-refractivity contribution in [3.8, 4) is 0 Å². The van der Waals surface area contributed by atoms with Gasteiger partial charge in [-0.05, 0) is 43.7 Å². The predicted octanol–water partition coefficient (Wildman–Crippen LogP) is 3.53. The van der Waals surface area contributed by atoms with Gasteiger partial charge in [-0.25, -0.2) is 8.78 Å². The summed E-state index contributed by atoms with van der Waals surface area (Å²) >= 11 is 0. The SMILES string of the molecule is CC(c1ccc(F)c(F)c1)N(C)C(=O)CN1CCCc2occc2C1. The molecule has 134 valence electrons. The lowest BCUT2D eigenvalue weighted by Gasteiger charge is -2.28. The molecule has 0 saturated carbocycles. The zero-order valence-corrected chi connectivity index (χ0v) is 14.5. The fraction of sp³-hybridized carbons (Fsp3) is 0.421. The van der Waals surface area contributed by atoms with Gasteiger partial charge in [0.25, 0.3) is 0 Å². The van der Waals surface area contributed by atoms with E-state index in [1.807, 2.05) is 6.07 Å². The summed E-state index contributed by atoms with van der Waals surface area (Å²) in [6.07, 6.45) is 3.51. The molecule has 1 aromatic heterocycles.